The van der Waals surface area contributed by atoms with Gasteiger partial charge in [0.25, 0.3) is 0 Å². The summed E-state index contributed by atoms with van der Waals surface area (Å²) in [6, 6.07) is 2.21. The Bertz CT molecular complexity index is 392. The summed E-state index contributed by atoms with van der Waals surface area (Å²) < 4.78 is 0. The van der Waals surface area contributed by atoms with E-state index in [1.807, 2.05) is 0 Å². The van der Waals surface area contributed by atoms with Gasteiger partial charge in [0.1, 0.15) is 5.75 Å². The molecule has 0 bridgehead atoms. The minimum absolute atomic E-state index is 0.0225. The first-order valence-corrected chi connectivity index (χ1v) is 4.76. The highest BCUT2D eigenvalue weighted by Gasteiger charge is 2.18. The number of carboxylic acids is 1. The lowest BCUT2D eigenvalue weighted by Gasteiger charge is -2.15. The summed E-state index contributed by atoms with van der Waals surface area (Å²) in [7, 11) is 0. The smallest absolute Gasteiger partial charge is 0.305 e. The van der Waals surface area contributed by atoms with E-state index < -0.39 is 12.0 Å². The topological polar surface area (TPSA) is 83.5 Å². The molecule has 5 heteroatoms. The third kappa shape index (κ3) is 2.61. The summed E-state index contributed by atoms with van der Waals surface area (Å²) in [5, 5.41) is 18.6. The second kappa shape index (κ2) is 4.51. The van der Waals surface area contributed by atoms with Gasteiger partial charge in [0.2, 0.25) is 0 Å². The fraction of sp³-hybridized carbons (Fsp3) is 0.300. The van der Waals surface area contributed by atoms with E-state index >= 15 is 0 Å². The average molecular weight is 230 g/mol. The van der Waals surface area contributed by atoms with Crippen LogP contribution in [-0.4, -0.2) is 16.2 Å². The first-order valence-electron chi connectivity index (χ1n) is 4.38. The van der Waals surface area contributed by atoms with Crippen molar-refractivity contribution < 1.29 is 15.0 Å². The molecule has 4 N–H and O–H groups in total. The van der Waals surface area contributed by atoms with Gasteiger partial charge in [0.05, 0.1) is 6.42 Å². The number of phenols is 1. The minimum atomic E-state index is -1.01. The van der Waals surface area contributed by atoms with Gasteiger partial charge in [-0.3, -0.25) is 4.79 Å². The van der Waals surface area contributed by atoms with Crippen LogP contribution in [-0.2, 0) is 4.79 Å². The molecule has 1 atom stereocenters. The summed E-state index contributed by atoms with van der Waals surface area (Å²) in [5.74, 6) is -1.04. The molecule has 15 heavy (non-hydrogen) atoms. The Morgan fingerprint density at radius 3 is 2.73 bits per heavy atom. The number of rotatable bonds is 3. The van der Waals surface area contributed by atoms with E-state index in [1.165, 1.54) is 6.07 Å². The summed E-state index contributed by atoms with van der Waals surface area (Å²) in [6.07, 6.45) is -0.241. The van der Waals surface area contributed by atoms with Crippen LogP contribution >= 0.6 is 11.6 Å². The third-order valence-electron chi connectivity index (χ3n) is 2.19. The monoisotopic (exact) mass is 229 g/mol. The van der Waals surface area contributed by atoms with Crippen molar-refractivity contribution in [2.24, 2.45) is 5.73 Å². The number of aliphatic carboxylic acids is 1. The quantitative estimate of drug-likeness (QED) is 0.738. The molecule has 1 unspecified atom stereocenters. The van der Waals surface area contributed by atoms with Crippen LogP contribution in [0.15, 0.2) is 12.1 Å². The fourth-order valence-electron chi connectivity index (χ4n) is 1.45. The van der Waals surface area contributed by atoms with Crippen molar-refractivity contribution in [2.75, 3.05) is 0 Å². The van der Waals surface area contributed by atoms with Crippen molar-refractivity contribution in [3.05, 3.63) is 28.3 Å². The van der Waals surface area contributed by atoms with Gasteiger partial charge in [-0.1, -0.05) is 11.6 Å². The van der Waals surface area contributed by atoms with E-state index in [9.17, 15) is 9.90 Å². The van der Waals surface area contributed by atoms with Gasteiger partial charge in [-0.25, -0.2) is 0 Å². The van der Waals surface area contributed by atoms with Crippen molar-refractivity contribution in [3.63, 3.8) is 0 Å². The number of carbonyl (C=O) groups is 1. The van der Waals surface area contributed by atoms with E-state index in [4.69, 9.17) is 22.4 Å². The molecular formula is C10H12ClNO3. The van der Waals surface area contributed by atoms with Gasteiger partial charge in [-0.2, -0.15) is 0 Å². The SMILES string of the molecule is Cc1c(Cl)ccc(O)c1C(N)CC(=O)O. The summed E-state index contributed by atoms with van der Waals surface area (Å²) in [4.78, 5) is 10.5. The van der Waals surface area contributed by atoms with Crippen molar-refractivity contribution in [3.8, 4) is 5.75 Å². The van der Waals surface area contributed by atoms with E-state index in [0.29, 0.717) is 16.1 Å². The predicted octanol–water partition coefficient (Wildman–Crippen LogP) is 1.83. The first-order chi connectivity index (χ1) is 6.93. The fourth-order valence-corrected chi connectivity index (χ4v) is 1.61. The van der Waals surface area contributed by atoms with Crippen LogP contribution < -0.4 is 5.73 Å². The Hall–Kier alpha value is -1.26. The first kappa shape index (κ1) is 11.8. The molecule has 1 rings (SSSR count). The Kier molecular flexibility index (Phi) is 3.55. The summed E-state index contributed by atoms with van der Waals surface area (Å²) in [5.41, 5.74) is 6.68. The maximum atomic E-state index is 10.5. The molecule has 1 aromatic carbocycles. The average Bonchev–Trinajstić information content (AvgIpc) is 2.11. The number of nitrogens with two attached hydrogens (primary N) is 1. The second-order valence-corrected chi connectivity index (χ2v) is 3.72. The molecular weight excluding hydrogens is 218 g/mol. The van der Waals surface area contributed by atoms with Gasteiger partial charge >= 0.3 is 5.97 Å². The molecule has 0 aliphatic heterocycles. The molecule has 0 aliphatic carbocycles. The largest absolute Gasteiger partial charge is 0.508 e. The van der Waals surface area contributed by atoms with E-state index in [-0.39, 0.29) is 12.2 Å². The lowest BCUT2D eigenvalue weighted by Crippen LogP contribution is -2.16. The zero-order valence-corrected chi connectivity index (χ0v) is 8.95. The molecule has 0 fully saturated rings. The Balaban J connectivity index is 3.12. The van der Waals surface area contributed by atoms with Crippen LogP contribution in [0.2, 0.25) is 5.02 Å². The predicted molar refractivity (Wildman–Crippen MR) is 57.0 cm³/mol. The van der Waals surface area contributed by atoms with Crippen LogP contribution in [0.3, 0.4) is 0 Å². The maximum absolute atomic E-state index is 10.5. The van der Waals surface area contributed by atoms with Crippen molar-refractivity contribution in [1.82, 2.24) is 0 Å². The van der Waals surface area contributed by atoms with Crippen LogP contribution in [0.4, 0.5) is 0 Å². The molecule has 0 amide bonds. The lowest BCUT2D eigenvalue weighted by atomic mass is 9.98. The van der Waals surface area contributed by atoms with Crippen LogP contribution in [0.1, 0.15) is 23.6 Å². The van der Waals surface area contributed by atoms with Crippen LogP contribution in [0.5, 0.6) is 5.75 Å². The number of hydrogen-bond donors (Lipinski definition) is 3. The molecule has 0 spiro atoms. The minimum Gasteiger partial charge on any atom is -0.508 e. The molecule has 0 aromatic heterocycles. The molecule has 0 saturated heterocycles. The van der Waals surface area contributed by atoms with Gasteiger partial charge in [-0.05, 0) is 24.6 Å². The van der Waals surface area contributed by atoms with Crippen molar-refractivity contribution in [1.29, 1.82) is 0 Å². The van der Waals surface area contributed by atoms with Gasteiger partial charge in [-0.15, -0.1) is 0 Å². The van der Waals surface area contributed by atoms with Crippen LogP contribution in [0, 0.1) is 6.92 Å². The molecule has 0 saturated carbocycles. The highest BCUT2D eigenvalue weighted by Crippen LogP contribution is 2.32. The van der Waals surface area contributed by atoms with Crippen molar-refractivity contribution >= 4 is 17.6 Å². The highest BCUT2D eigenvalue weighted by molar-refractivity contribution is 6.31. The van der Waals surface area contributed by atoms with E-state index in [2.05, 4.69) is 0 Å². The number of halogens is 1. The number of carboxylic acid groups (broad SMARTS) is 1. The lowest BCUT2D eigenvalue weighted by molar-refractivity contribution is -0.137. The summed E-state index contributed by atoms with van der Waals surface area (Å²) in [6.45, 7) is 1.69. The number of aromatic hydroxyl groups is 1. The highest BCUT2D eigenvalue weighted by atomic mass is 35.5. The maximum Gasteiger partial charge on any atom is 0.305 e. The number of benzene rings is 1. The Labute approximate surface area is 92.3 Å². The van der Waals surface area contributed by atoms with Crippen molar-refractivity contribution in [2.45, 2.75) is 19.4 Å². The third-order valence-corrected chi connectivity index (χ3v) is 2.60. The second-order valence-electron chi connectivity index (χ2n) is 3.31. The van der Waals surface area contributed by atoms with E-state index in [1.54, 1.807) is 13.0 Å². The number of hydrogen-bond acceptors (Lipinski definition) is 3. The molecule has 0 radical (unpaired) electrons. The van der Waals surface area contributed by atoms with Gasteiger partial charge in [0, 0.05) is 16.6 Å². The van der Waals surface area contributed by atoms with E-state index in [0.717, 1.165) is 0 Å². The van der Waals surface area contributed by atoms with Gasteiger partial charge in [0.15, 0.2) is 0 Å². The molecule has 4 nitrogen and oxygen atoms in total. The summed E-state index contributed by atoms with van der Waals surface area (Å²) >= 11 is 5.85. The van der Waals surface area contributed by atoms with Crippen LogP contribution in [0.25, 0.3) is 0 Å². The standard InChI is InChI=1S/C10H12ClNO3/c1-5-6(11)2-3-8(13)10(5)7(12)4-9(14)15/h2-3,7,13H,4,12H2,1H3,(H,14,15). The zero-order chi connectivity index (χ0) is 11.6. The number of phenolic OH excluding ortho intramolecular Hbond substituents is 1. The Morgan fingerprint density at radius 1 is 1.60 bits per heavy atom. The zero-order valence-electron chi connectivity index (χ0n) is 8.20. The molecule has 82 valence electrons. The van der Waals surface area contributed by atoms with Gasteiger partial charge < -0.3 is 15.9 Å². The Morgan fingerprint density at radius 2 is 2.20 bits per heavy atom. The normalized spacial score (nSPS) is 12.5. The molecule has 0 aliphatic rings. The molecule has 1 aromatic rings. The molecule has 0 heterocycles.